The molecule has 4 aromatic rings. The Morgan fingerprint density at radius 1 is 1.06 bits per heavy atom. The number of fused-ring (bicyclic) bond motifs is 1. The van der Waals surface area contributed by atoms with Gasteiger partial charge in [-0.2, -0.15) is 4.98 Å². The smallest absolute Gasteiger partial charge is 0.243 e. The highest BCUT2D eigenvalue weighted by Gasteiger charge is 2.19. The predicted octanol–water partition coefficient (Wildman–Crippen LogP) is 5.49. The number of hydrogen-bond donors (Lipinski definition) is 2. The number of nitrogens with zero attached hydrogens (tertiary/aromatic N) is 4. The molecule has 0 aliphatic carbocycles. The van der Waals surface area contributed by atoms with E-state index in [9.17, 15) is 8.78 Å². The maximum absolute atomic E-state index is 14.9. The predicted molar refractivity (Wildman–Crippen MR) is 130 cm³/mol. The Balaban J connectivity index is 1.35. The minimum atomic E-state index is -0.704. The van der Waals surface area contributed by atoms with Crippen molar-refractivity contribution in [1.82, 2.24) is 19.9 Å². The van der Waals surface area contributed by atoms with Crippen LogP contribution in [0, 0.1) is 18.6 Å². The van der Waals surface area contributed by atoms with Crippen LogP contribution in [0.1, 0.15) is 5.69 Å². The molecular weight excluding hydrogens is 462 g/mol. The van der Waals surface area contributed by atoms with E-state index in [1.54, 1.807) is 6.92 Å². The van der Waals surface area contributed by atoms with Gasteiger partial charge in [-0.3, -0.25) is 0 Å². The zero-order chi connectivity index (χ0) is 23.8. The lowest BCUT2D eigenvalue weighted by molar-refractivity contribution is 0.313. The molecule has 7 nitrogen and oxygen atoms in total. The van der Waals surface area contributed by atoms with E-state index in [1.807, 2.05) is 24.3 Å². The molecule has 0 saturated carbocycles. The summed E-state index contributed by atoms with van der Waals surface area (Å²) in [5.41, 5.74) is 2.63. The summed E-state index contributed by atoms with van der Waals surface area (Å²) in [6.07, 6.45) is 1.25. The van der Waals surface area contributed by atoms with Crippen LogP contribution in [-0.4, -0.2) is 53.1 Å². The van der Waals surface area contributed by atoms with Crippen LogP contribution in [-0.2, 0) is 0 Å². The number of anilines is 3. The number of piperazine rings is 1. The van der Waals surface area contributed by atoms with Crippen molar-refractivity contribution in [1.29, 1.82) is 0 Å². The quantitative estimate of drug-likeness (QED) is 0.390. The standard InChI is InChI=1S/C24H23ClF2N6O/c1-14-11-17-21(27)19(12-18(26)22(17)30-14)34-24-20(25)23(28-13-29-24)31-15-3-5-16(6-4-15)33-9-7-32(2)8-10-33/h3-6,11-13,30H,7-10H2,1-2H3,(H,28,29,31). The van der Waals surface area contributed by atoms with Crippen LogP contribution in [0.25, 0.3) is 10.9 Å². The molecule has 1 saturated heterocycles. The van der Waals surface area contributed by atoms with Crippen molar-refractivity contribution in [2.45, 2.75) is 6.92 Å². The second-order valence-electron chi connectivity index (χ2n) is 8.32. The van der Waals surface area contributed by atoms with Gasteiger partial charge in [-0.05, 0) is 44.3 Å². The average Bonchev–Trinajstić information content (AvgIpc) is 3.23. The molecule has 2 N–H and O–H groups in total. The molecular formula is C24H23ClF2N6O. The van der Waals surface area contributed by atoms with Crippen molar-refractivity contribution in [2.75, 3.05) is 43.4 Å². The summed E-state index contributed by atoms with van der Waals surface area (Å²) < 4.78 is 34.9. The first kappa shape index (κ1) is 22.4. The normalized spacial score (nSPS) is 14.6. The summed E-state index contributed by atoms with van der Waals surface area (Å²) in [5.74, 6) is -1.45. The van der Waals surface area contributed by atoms with Gasteiger partial charge in [-0.25, -0.2) is 13.8 Å². The first-order chi connectivity index (χ1) is 16.4. The fraction of sp³-hybridized carbons (Fsp3) is 0.250. The van der Waals surface area contributed by atoms with Gasteiger partial charge in [0.05, 0.1) is 5.52 Å². The Bertz CT molecular complexity index is 1340. The molecule has 1 aliphatic heterocycles. The Morgan fingerprint density at radius 3 is 2.53 bits per heavy atom. The highest BCUT2D eigenvalue weighted by molar-refractivity contribution is 6.34. The fourth-order valence-corrected chi connectivity index (χ4v) is 4.16. The molecule has 5 rings (SSSR count). The van der Waals surface area contributed by atoms with Crippen LogP contribution in [0.2, 0.25) is 5.02 Å². The fourth-order valence-electron chi connectivity index (χ4n) is 3.98. The van der Waals surface area contributed by atoms with Crippen molar-refractivity contribution >= 4 is 39.7 Å². The van der Waals surface area contributed by atoms with E-state index < -0.39 is 11.6 Å². The summed E-state index contributed by atoms with van der Waals surface area (Å²) in [6.45, 7) is 5.73. The lowest BCUT2D eigenvalue weighted by atomic mass is 10.2. The second kappa shape index (κ2) is 9.08. The maximum Gasteiger partial charge on any atom is 0.243 e. The van der Waals surface area contributed by atoms with Gasteiger partial charge in [0.1, 0.15) is 11.3 Å². The molecule has 0 unspecified atom stereocenters. The van der Waals surface area contributed by atoms with Gasteiger partial charge in [-0.15, -0.1) is 0 Å². The van der Waals surface area contributed by atoms with Crippen molar-refractivity contribution in [3.8, 4) is 11.6 Å². The van der Waals surface area contributed by atoms with Gasteiger partial charge in [-0.1, -0.05) is 11.6 Å². The Labute approximate surface area is 200 Å². The van der Waals surface area contributed by atoms with Crippen LogP contribution in [0.3, 0.4) is 0 Å². The number of ether oxygens (including phenoxy) is 1. The van der Waals surface area contributed by atoms with E-state index in [2.05, 4.69) is 37.1 Å². The minimum absolute atomic E-state index is 0.0517. The molecule has 0 amide bonds. The van der Waals surface area contributed by atoms with Gasteiger partial charge in [0.15, 0.2) is 23.2 Å². The van der Waals surface area contributed by atoms with Gasteiger partial charge < -0.3 is 24.8 Å². The van der Waals surface area contributed by atoms with Crippen molar-refractivity contribution in [3.63, 3.8) is 0 Å². The van der Waals surface area contributed by atoms with Gasteiger partial charge in [0, 0.05) is 54.7 Å². The number of H-pyrrole nitrogens is 1. The molecule has 2 aromatic heterocycles. The highest BCUT2D eigenvalue weighted by atomic mass is 35.5. The van der Waals surface area contributed by atoms with Crippen molar-refractivity contribution in [3.05, 3.63) is 65.1 Å². The number of aromatic nitrogens is 3. The van der Waals surface area contributed by atoms with E-state index in [1.165, 1.54) is 12.4 Å². The Hall–Kier alpha value is -3.43. The molecule has 3 heterocycles. The number of aromatic amines is 1. The number of nitrogens with one attached hydrogen (secondary N) is 2. The Morgan fingerprint density at radius 2 is 1.79 bits per heavy atom. The van der Waals surface area contributed by atoms with Crippen LogP contribution in [0.5, 0.6) is 11.6 Å². The number of rotatable bonds is 5. The molecule has 0 radical (unpaired) electrons. The van der Waals surface area contributed by atoms with Crippen LogP contribution < -0.4 is 15.0 Å². The molecule has 176 valence electrons. The second-order valence-corrected chi connectivity index (χ2v) is 8.70. The molecule has 1 fully saturated rings. The Kier molecular flexibility index (Phi) is 5.97. The molecule has 0 spiro atoms. The van der Waals surface area contributed by atoms with E-state index in [0.29, 0.717) is 11.5 Å². The molecule has 1 aliphatic rings. The van der Waals surface area contributed by atoms with Crippen molar-refractivity contribution < 1.29 is 13.5 Å². The first-order valence-corrected chi connectivity index (χ1v) is 11.2. The summed E-state index contributed by atoms with van der Waals surface area (Å²) in [6, 6.07) is 10.4. The molecule has 34 heavy (non-hydrogen) atoms. The molecule has 2 aromatic carbocycles. The molecule has 10 heteroatoms. The van der Waals surface area contributed by atoms with Gasteiger partial charge in [0.25, 0.3) is 0 Å². The van der Waals surface area contributed by atoms with E-state index >= 15 is 0 Å². The van der Waals surface area contributed by atoms with E-state index in [4.69, 9.17) is 16.3 Å². The zero-order valence-corrected chi connectivity index (χ0v) is 19.5. The third-order valence-corrected chi connectivity index (χ3v) is 6.21. The summed E-state index contributed by atoms with van der Waals surface area (Å²) in [4.78, 5) is 15.6. The third kappa shape index (κ3) is 4.36. The zero-order valence-electron chi connectivity index (χ0n) is 18.7. The average molecular weight is 485 g/mol. The number of hydrogen-bond acceptors (Lipinski definition) is 6. The first-order valence-electron chi connectivity index (χ1n) is 10.9. The number of aryl methyl sites for hydroxylation is 1. The van der Waals surface area contributed by atoms with Crippen molar-refractivity contribution in [2.24, 2.45) is 0 Å². The van der Waals surface area contributed by atoms with E-state index in [0.717, 1.165) is 43.6 Å². The number of likely N-dealkylation sites (N-methyl/N-ethyl adjacent to an activating group) is 1. The molecule has 0 bridgehead atoms. The van der Waals surface area contributed by atoms with E-state index in [-0.39, 0.29) is 27.6 Å². The lowest BCUT2D eigenvalue weighted by Crippen LogP contribution is -2.44. The third-order valence-electron chi connectivity index (χ3n) is 5.86. The highest BCUT2D eigenvalue weighted by Crippen LogP contribution is 2.37. The van der Waals surface area contributed by atoms with Gasteiger partial charge >= 0.3 is 0 Å². The monoisotopic (exact) mass is 484 g/mol. The summed E-state index contributed by atoms with van der Waals surface area (Å²) in [7, 11) is 2.12. The number of benzene rings is 2. The van der Waals surface area contributed by atoms with Crippen LogP contribution in [0.4, 0.5) is 26.0 Å². The minimum Gasteiger partial charge on any atom is -0.434 e. The topological polar surface area (TPSA) is 69.3 Å². The largest absolute Gasteiger partial charge is 0.434 e. The van der Waals surface area contributed by atoms with Crippen LogP contribution >= 0.6 is 11.6 Å². The maximum atomic E-state index is 14.9. The molecule has 0 atom stereocenters. The lowest BCUT2D eigenvalue weighted by Gasteiger charge is -2.34. The van der Waals surface area contributed by atoms with Gasteiger partial charge in [0.2, 0.25) is 5.88 Å². The van der Waals surface area contributed by atoms with Crippen LogP contribution in [0.15, 0.2) is 42.7 Å². The SMILES string of the molecule is Cc1cc2c(F)c(Oc3ncnc(Nc4ccc(N5CCN(C)CC5)cc4)c3Cl)cc(F)c2[nH]1. The summed E-state index contributed by atoms with van der Waals surface area (Å²) >= 11 is 6.44. The summed E-state index contributed by atoms with van der Waals surface area (Å²) in [5, 5.41) is 3.28. The number of halogens is 3.